The van der Waals surface area contributed by atoms with Crippen molar-refractivity contribution >= 4 is 16.9 Å². The molecule has 3 heterocycles. The van der Waals surface area contributed by atoms with E-state index >= 15 is 0 Å². The minimum atomic E-state index is -0.866. The summed E-state index contributed by atoms with van der Waals surface area (Å²) in [4.78, 5) is 24.0. The minimum absolute atomic E-state index is 0.190. The Morgan fingerprint density at radius 3 is 2.85 bits per heavy atom. The summed E-state index contributed by atoms with van der Waals surface area (Å²) >= 11 is 0. The van der Waals surface area contributed by atoms with Gasteiger partial charge in [0, 0.05) is 35.8 Å². The van der Waals surface area contributed by atoms with Crippen LogP contribution in [-0.4, -0.2) is 51.2 Å². The number of piperidine rings is 1. The number of hydrogen-bond donors (Lipinski definition) is 4. The first-order chi connectivity index (χ1) is 12.6. The maximum Gasteiger partial charge on any atom is 0.251 e. The molecule has 1 aromatic carbocycles. The average Bonchev–Trinajstić information content (AvgIpc) is 3.16. The van der Waals surface area contributed by atoms with Gasteiger partial charge in [0.15, 0.2) is 0 Å². The summed E-state index contributed by atoms with van der Waals surface area (Å²) in [6.45, 7) is 1.66. The molecule has 1 unspecified atom stereocenters. The van der Waals surface area contributed by atoms with Crippen molar-refractivity contribution in [2.45, 2.75) is 18.4 Å². The first-order valence-electron chi connectivity index (χ1n) is 8.74. The van der Waals surface area contributed by atoms with Gasteiger partial charge in [0.25, 0.3) is 5.91 Å². The van der Waals surface area contributed by atoms with Crippen molar-refractivity contribution in [2.75, 3.05) is 19.6 Å². The standard InChI is InChI=1S/C19H21N5O2/c25-18(22-11-19(26)7-1-8-20-10-19)14-4-2-13(3-5-14)16-15-6-9-21-17(15)24-12-23-16/h2-6,9,12,20,26H,1,7-8,10-11H2,(H,22,25)(H,21,23,24). The molecule has 1 aliphatic heterocycles. The molecule has 1 atom stereocenters. The van der Waals surface area contributed by atoms with Gasteiger partial charge in [-0.1, -0.05) is 12.1 Å². The van der Waals surface area contributed by atoms with Crippen LogP contribution in [0.15, 0.2) is 42.9 Å². The van der Waals surface area contributed by atoms with Crippen molar-refractivity contribution < 1.29 is 9.90 Å². The molecule has 3 aromatic rings. The largest absolute Gasteiger partial charge is 0.387 e. The van der Waals surface area contributed by atoms with Crippen LogP contribution < -0.4 is 10.6 Å². The van der Waals surface area contributed by atoms with E-state index in [4.69, 9.17) is 0 Å². The molecule has 7 nitrogen and oxygen atoms in total. The summed E-state index contributed by atoms with van der Waals surface area (Å²) in [6, 6.07) is 9.23. The van der Waals surface area contributed by atoms with Gasteiger partial charge in [-0.3, -0.25) is 4.79 Å². The van der Waals surface area contributed by atoms with Crippen molar-refractivity contribution in [3.8, 4) is 11.3 Å². The molecule has 7 heteroatoms. The molecule has 4 N–H and O–H groups in total. The molecule has 1 saturated heterocycles. The van der Waals surface area contributed by atoms with Crippen LogP contribution in [0.25, 0.3) is 22.3 Å². The molecular weight excluding hydrogens is 330 g/mol. The molecule has 1 fully saturated rings. The van der Waals surface area contributed by atoms with E-state index < -0.39 is 5.60 Å². The summed E-state index contributed by atoms with van der Waals surface area (Å²) < 4.78 is 0. The fourth-order valence-electron chi connectivity index (χ4n) is 3.33. The van der Waals surface area contributed by atoms with Gasteiger partial charge < -0.3 is 20.7 Å². The highest BCUT2D eigenvalue weighted by molar-refractivity contribution is 5.95. The monoisotopic (exact) mass is 351 g/mol. The number of carbonyl (C=O) groups is 1. The van der Waals surface area contributed by atoms with Gasteiger partial charge in [-0.05, 0) is 37.6 Å². The lowest BCUT2D eigenvalue weighted by molar-refractivity contribution is 0.0170. The number of carbonyl (C=O) groups excluding carboxylic acids is 1. The minimum Gasteiger partial charge on any atom is -0.387 e. The second-order valence-corrected chi connectivity index (χ2v) is 6.73. The lowest BCUT2D eigenvalue weighted by Crippen LogP contribution is -2.52. The third kappa shape index (κ3) is 3.31. The van der Waals surface area contributed by atoms with Crippen molar-refractivity contribution in [1.82, 2.24) is 25.6 Å². The Balaban J connectivity index is 1.47. The zero-order valence-electron chi connectivity index (χ0n) is 14.3. The number of H-pyrrole nitrogens is 1. The van der Waals surface area contributed by atoms with E-state index in [2.05, 4.69) is 25.6 Å². The molecule has 134 valence electrons. The zero-order chi connectivity index (χ0) is 18.0. The molecule has 0 saturated carbocycles. The van der Waals surface area contributed by atoms with Gasteiger partial charge in [-0.15, -0.1) is 0 Å². The SMILES string of the molecule is O=C(NCC1(O)CCCNC1)c1ccc(-c2ncnc3[nH]ccc23)cc1. The predicted octanol–water partition coefficient (Wildman–Crippen LogP) is 1.47. The van der Waals surface area contributed by atoms with Gasteiger partial charge >= 0.3 is 0 Å². The summed E-state index contributed by atoms with van der Waals surface area (Å²) in [5, 5.41) is 17.4. The Kier molecular flexibility index (Phi) is 4.40. The lowest BCUT2D eigenvalue weighted by Gasteiger charge is -2.32. The maximum absolute atomic E-state index is 12.4. The maximum atomic E-state index is 12.4. The fourth-order valence-corrected chi connectivity index (χ4v) is 3.33. The van der Waals surface area contributed by atoms with Gasteiger partial charge in [-0.25, -0.2) is 9.97 Å². The average molecular weight is 351 g/mol. The second kappa shape index (κ2) is 6.86. The quantitative estimate of drug-likeness (QED) is 0.570. The summed E-state index contributed by atoms with van der Waals surface area (Å²) in [5.41, 5.74) is 2.22. The Hall–Kier alpha value is -2.77. The Bertz CT molecular complexity index is 913. The number of aromatic nitrogens is 3. The molecule has 1 aliphatic rings. The number of β-amino-alcohol motifs (C(OH)–C–C–N with tert-alkyl or cyclic N) is 1. The van der Waals surface area contributed by atoms with Crippen LogP contribution in [0.3, 0.4) is 0 Å². The Labute approximate surface area is 150 Å². The van der Waals surface area contributed by atoms with Gasteiger partial charge in [0.2, 0.25) is 0 Å². The molecule has 2 aromatic heterocycles. The predicted molar refractivity (Wildman–Crippen MR) is 98.7 cm³/mol. The van der Waals surface area contributed by atoms with Crippen molar-refractivity contribution in [3.63, 3.8) is 0 Å². The first kappa shape index (κ1) is 16.7. The van der Waals surface area contributed by atoms with Crippen LogP contribution in [0.1, 0.15) is 23.2 Å². The number of aliphatic hydroxyl groups is 1. The topological polar surface area (TPSA) is 103 Å². The van der Waals surface area contributed by atoms with E-state index in [0.717, 1.165) is 35.3 Å². The molecule has 0 radical (unpaired) electrons. The number of nitrogens with one attached hydrogen (secondary N) is 3. The fraction of sp³-hybridized carbons (Fsp3) is 0.316. The number of amides is 1. The van der Waals surface area contributed by atoms with E-state index in [1.165, 1.54) is 6.33 Å². The van der Waals surface area contributed by atoms with Crippen molar-refractivity contribution in [2.24, 2.45) is 0 Å². The highest BCUT2D eigenvalue weighted by Gasteiger charge is 2.29. The number of benzene rings is 1. The first-order valence-corrected chi connectivity index (χ1v) is 8.74. The van der Waals surface area contributed by atoms with Gasteiger partial charge in [-0.2, -0.15) is 0 Å². The van der Waals surface area contributed by atoms with E-state index in [-0.39, 0.29) is 12.5 Å². The summed E-state index contributed by atoms with van der Waals surface area (Å²) in [6.07, 6.45) is 4.95. The van der Waals surface area contributed by atoms with E-state index in [1.807, 2.05) is 24.4 Å². The second-order valence-electron chi connectivity index (χ2n) is 6.73. The molecule has 1 amide bonds. The smallest absolute Gasteiger partial charge is 0.251 e. The van der Waals surface area contributed by atoms with Crippen molar-refractivity contribution in [1.29, 1.82) is 0 Å². The number of fused-ring (bicyclic) bond motifs is 1. The van der Waals surface area contributed by atoms with E-state index in [9.17, 15) is 9.90 Å². The molecule has 0 spiro atoms. The third-order valence-corrected chi connectivity index (χ3v) is 4.80. The number of aromatic amines is 1. The highest BCUT2D eigenvalue weighted by Crippen LogP contribution is 2.25. The summed E-state index contributed by atoms with van der Waals surface area (Å²) in [7, 11) is 0. The van der Waals surface area contributed by atoms with E-state index in [0.29, 0.717) is 18.5 Å². The number of hydrogen-bond acceptors (Lipinski definition) is 5. The van der Waals surface area contributed by atoms with Crippen LogP contribution in [0.4, 0.5) is 0 Å². The van der Waals surface area contributed by atoms with Crippen molar-refractivity contribution in [3.05, 3.63) is 48.4 Å². The molecule has 0 aliphatic carbocycles. The zero-order valence-corrected chi connectivity index (χ0v) is 14.3. The summed E-state index contributed by atoms with van der Waals surface area (Å²) in [5.74, 6) is -0.190. The number of nitrogens with zero attached hydrogens (tertiary/aromatic N) is 2. The van der Waals surface area contributed by atoms with Crippen LogP contribution in [0.5, 0.6) is 0 Å². The molecular formula is C19H21N5O2. The van der Waals surface area contributed by atoms with Crippen LogP contribution in [0, 0.1) is 0 Å². The van der Waals surface area contributed by atoms with Gasteiger partial charge in [0.1, 0.15) is 12.0 Å². The molecule has 0 bridgehead atoms. The molecule has 4 rings (SSSR count). The van der Waals surface area contributed by atoms with E-state index in [1.54, 1.807) is 12.1 Å². The Morgan fingerprint density at radius 2 is 2.08 bits per heavy atom. The van der Waals surface area contributed by atoms with Crippen LogP contribution in [-0.2, 0) is 0 Å². The van der Waals surface area contributed by atoms with Crippen LogP contribution >= 0.6 is 0 Å². The number of rotatable bonds is 4. The third-order valence-electron chi connectivity index (χ3n) is 4.80. The Morgan fingerprint density at radius 1 is 1.23 bits per heavy atom. The van der Waals surface area contributed by atoms with Crippen LogP contribution in [0.2, 0.25) is 0 Å². The normalized spacial score (nSPS) is 20.2. The lowest BCUT2D eigenvalue weighted by atomic mass is 9.94. The molecule has 26 heavy (non-hydrogen) atoms. The van der Waals surface area contributed by atoms with Gasteiger partial charge in [0.05, 0.1) is 11.3 Å². The highest BCUT2D eigenvalue weighted by atomic mass is 16.3.